The molecule has 5 heteroatoms. The Kier molecular flexibility index (Phi) is 4.88. The molecule has 0 aliphatic rings. The first-order valence-corrected chi connectivity index (χ1v) is 8.35. The van der Waals surface area contributed by atoms with E-state index in [1.807, 2.05) is 13.0 Å². The fourth-order valence-electron chi connectivity index (χ4n) is 2.32. The van der Waals surface area contributed by atoms with Gasteiger partial charge in [0.1, 0.15) is 0 Å². The van der Waals surface area contributed by atoms with Crippen molar-refractivity contribution in [1.82, 2.24) is 10.3 Å². The summed E-state index contributed by atoms with van der Waals surface area (Å²) in [5.74, 6) is 0.151. The van der Waals surface area contributed by atoms with Gasteiger partial charge in [0.25, 0.3) is 5.91 Å². The highest BCUT2D eigenvalue weighted by Crippen LogP contribution is 2.21. The summed E-state index contributed by atoms with van der Waals surface area (Å²) >= 11 is 1.72. The van der Waals surface area contributed by atoms with E-state index in [-0.39, 0.29) is 5.91 Å². The molecule has 0 saturated carbocycles. The summed E-state index contributed by atoms with van der Waals surface area (Å²) in [5.41, 5.74) is 2.36. The summed E-state index contributed by atoms with van der Waals surface area (Å²) < 4.78 is 5.06. The van der Waals surface area contributed by atoms with Crippen molar-refractivity contribution in [3.63, 3.8) is 0 Å². The molecule has 0 aliphatic carbocycles. The Bertz CT molecular complexity index is 764. The van der Waals surface area contributed by atoms with Crippen LogP contribution >= 0.6 is 11.3 Å². The van der Waals surface area contributed by atoms with E-state index >= 15 is 0 Å². The van der Waals surface area contributed by atoms with Crippen LogP contribution in [-0.4, -0.2) is 17.4 Å². The van der Waals surface area contributed by atoms with E-state index in [1.54, 1.807) is 23.5 Å². The Morgan fingerprint density at radius 3 is 2.78 bits per heavy atom. The second kappa shape index (κ2) is 7.24. The largest absolute Gasteiger partial charge is 0.459 e. The highest BCUT2D eigenvalue weighted by molar-refractivity contribution is 7.11. The second-order valence-corrected chi connectivity index (χ2v) is 6.43. The van der Waals surface area contributed by atoms with Gasteiger partial charge >= 0.3 is 0 Å². The van der Waals surface area contributed by atoms with Gasteiger partial charge in [0.2, 0.25) is 0 Å². The lowest BCUT2D eigenvalue weighted by atomic mass is 10.1. The number of furan rings is 1. The standard InChI is InChI=1S/C18H18N2O2S/c1-13-16(12-14-6-3-2-4-7-14)23-17(20-13)9-10-19-18(21)15-8-5-11-22-15/h2-8,11H,9-10,12H2,1H3,(H,19,21). The molecule has 1 amide bonds. The van der Waals surface area contributed by atoms with E-state index in [0.29, 0.717) is 12.3 Å². The maximum absolute atomic E-state index is 11.8. The van der Waals surface area contributed by atoms with Crippen molar-refractivity contribution in [2.75, 3.05) is 6.54 Å². The van der Waals surface area contributed by atoms with Crippen molar-refractivity contribution >= 4 is 17.2 Å². The van der Waals surface area contributed by atoms with E-state index in [9.17, 15) is 4.79 Å². The molecule has 4 nitrogen and oxygen atoms in total. The molecule has 3 rings (SSSR count). The number of nitrogens with one attached hydrogen (secondary N) is 1. The third kappa shape index (κ3) is 4.07. The van der Waals surface area contributed by atoms with Gasteiger partial charge in [-0.1, -0.05) is 30.3 Å². The molecule has 0 bridgehead atoms. The minimum absolute atomic E-state index is 0.187. The molecule has 3 aromatic rings. The summed E-state index contributed by atoms with van der Waals surface area (Å²) in [6.07, 6.45) is 3.13. The summed E-state index contributed by atoms with van der Waals surface area (Å²) in [4.78, 5) is 17.7. The number of nitrogens with zero attached hydrogens (tertiary/aromatic N) is 1. The molecule has 0 aliphatic heterocycles. The summed E-state index contributed by atoms with van der Waals surface area (Å²) in [6, 6.07) is 13.7. The summed E-state index contributed by atoms with van der Waals surface area (Å²) in [5, 5.41) is 3.90. The van der Waals surface area contributed by atoms with Crippen molar-refractivity contribution in [3.8, 4) is 0 Å². The maximum atomic E-state index is 11.8. The average molecular weight is 326 g/mol. The zero-order valence-electron chi connectivity index (χ0n) is 12.9. The van der Waals surface area contributed by atoms with Crippen molar-refractivity contribution in [3.05, 3.63) is 75.6 Å². The molecule has 0 radical (unpaired) electrons. The van der Waals surface area contributed by atoms with Crippen LogP contribution in [0.2, 0.25) is 0 Å². The lowest BCUT2D eigenvalue weighted by Gasteiger charge is -2.00. The van der Waals surface area contributed by atoms with Gasteiger partial charge < -0.3 is 9.73 Å². The van der Waals surface area contributed by atoms with Gasteiger partial charge in [-0.05, 0) is 24.6 Å². The highest BCUT2D eigenvalue weighted by atomic mass is 32.1. The van der Waals surface area contributed by atoms with Crippen molar-refractivity contribution in [2.24, 2.45) is 0 Å². The molecular formula is C18H18N2O2S. The Morgan fingerprint density at radius 1 is 1.22 bits per heavy atom. The Labute approximate surface area is 139 Å². The molecule has 0 atom stereocenters. The zero-order valence-corrected chi connectivity index (χ0v) is 13.7. The van der Waals surface area contributed by atoms with Crippen molar-refractivity contribution in [1.29, 1.82) is 0 Å². The monoisotopic (exact) mass is 326 g/mol. The van der Waals surface area contributed by atoms with Crippen molar-refractivity contribution in [2.45, 2.75) is 19.8 Å². The number of carbonyl (C=O) groups is 1. The summed E-state index contributed by atoms with van der Waals surface area (Å²) in [7, 11) is 0. The van der Waals surface area contributed by atoms with Gasteiger partial charge in [0, 0.05) is 24.3 Å². The SMILES string of the molecule is Cc1nc(CCNC(=O)c2ccco2)sc1Cc1ccccc1. The second-order valence-electron chi connectivity index (χ2n) is 5.26. The Morgan fingerprint density at radius 2 is 2.04 bits per heavy atom. The van der Waals surface area contributed by atoms with Crippen LogP contribution in [0.5, 0.6) is 0 Å². The number of carbonyl (C=O) groups excluding carboxylic acids is 1. The van der Waals surface area contributed by atoms with Crippen LogP contribution in [0.25, 0.3) is 0 Å². The van der Waals surface area contributed by atoms with E-state index in [1.165, 1.54) is 16.7 Å². The lowest BCUT2D eigenvalue weighted by Crippen LogP contribution is -2.25. The number of aromatic nitrogens is 1. The van der Waals surface area contributed by atoms with Gasteiger partial charge in [-0.2, -0.15) is 0 Å². The average Bonchev–Trinajstić information content (AvgIpc) is 3.19. The topological polar surface area (TPSA) is 55.1 Å². The smallest absolute Gasteiger partial charge is 0.286 e. The van der Waals surface area contributed by atoms with E-state index < -0.39 is 0 Å². The molecule has 0 unspecified atom stereocenters. The molecule has 118 valence electrons. The van der Waals surface area contributed by atoms with Crippen molar-refractivity contribution < 1.29 is 9.21 Å². The number of hydrogen-bond acceptors (Lipinski definition) is 4. The third-order valence-corrected chi connectivity index (χ3v) is 4.73. The number of thiazole rings is 1. The molecule has 0 spiro atoms. The first-order chi connectivity index (χ1) is 11.2. The Balaban J connectivity index is 1.55. The van der Waals surface area contributed by atoms with Gasteiger partial charge in [0.05, 0.1) is 17.0 Å². The van der Waals surface area contributed by atoms with Crippen LogP contribution in [0.4, 0.5) is 0 Å². The van der Waals surface area contributed by atoms with Crippen LogP contribution in [0, 0.1) is 6.92 Å². The van der Waals surface area contributed by atoms with Crippen LogP contribution in [-0.2, 0) is 12.8 Å². The highest BCUT2D eigenvalue weighted by Gasteiger charge is 2.10. The predicted molar refractivity (Wildman–Crippen MR) is 90.8 cm³/mol. The minimum atomic E-state index is -0.187. The minimum Gasteiger partial charge on any atom is -0.459 e. The van der Waals surface area contributed by atoms with E-state index in [4.69, 9.17) is 4.42 Å². The van der Waals surface area contributed by atoms with Crippen LogP contribution in [0.3, 0.4) is 0 Å². The molecule has 0 saturated heterocycles. The summed E-state index contributed by atoms with van der Waals surface area (Å²) in [6.45, 7) is 2.59. The van der Waals surface area contributed by atoms with Crippen LogP contribution < -0.4 is 5.32 Å². The molecule has 2 heterocycles. The number of amides is 1. The van der Waals surface area contributed by atoms with E-state index in [2.05, 4.69) is 34.6 Å². The number of hydrogen-bond donors (Lipinski definition) is 1. The maximum Gasteiger partial charge on any atom is 0.286 e. The number of aryl methyl sites for hydroxylation is 1. The van der Waals surface area contributed by atoms with E-state index in [0.717, 1.165) is 23.5 Å². The fraction of sp³-hybridized carbons (Fsp3) is 0.222. The molecule has 2 aromatic heterocycles. The van der Waals surface area contributed by atoms with Gasteiger partial charge in [0.15, 0.2) is 5.76 Å². The molecule has 1 aromatic carbocycles. The first-order valence-electron chi connectivity index (χ1n) is 7.53. The fourth-order valence-corrected chi connectivity index (χ4v) is 3.42. The first kappa shape index (κ1) is 15.5. The van der Waals surface area contributed by atoms with Crippen LogP contribution in [0.15, 0.2) is 53.1 Å². The quantitative estimate of drug-likeness (QED) is 0.753. The molecule has 23 heavy (non-hydrogen) atoms. The zero-order chi connectivity index (χ0) is 16.1. The molecule has 1 N–H and O–H groups in total. The predicted octanol–water partition coefficient (Wildman–Crippen LogP) is 3.61. The van der Waals surface area contributed by atoms with Crippen LogP contribution in [0.1, 0.15) is 31.7 Å². The molecular weight excluding hydrogens is 308 g/mol. The normalized spacial score (nSPS) is 10.7. The van der Waals surface area contributed by atoms with Gasteiger partial charge in [-0.3, -0.25) is 4.79 Å². The third-order valence-electron chi connectivity index (χ3n) is 3.51. The van der Waals surface area contributed by atoms with Gasteiger partial charge in [-0.25, -0.2) is 4.98 Å². The van der Waals surface area contributed by atoms with Gasteiger partial charge in [-0.15, -0.1) is 11.3 Å². The number of benzene rings is 1. The molecule has 0 fully saturated rings. The lowest BCUT2D eigenvalue weighted by molar-refractivity contribution is 0.0926. The Hall–Kier alpha value is -2.40. The number of rotatable bonds is 6.